The SMILES string of the molecule is OCC[Si]Cl. The number of hydrogen-bond acceptors (Lipinski definition) is 1. The molecule has 0 aromatic carbocycles. The maximum absolute atomic E-state index is 7.99. The van der Waals surface area contributed by atoms with Crippen molar-refractivity contribution >= 4 is 19.9 Å². The smallest absolute Gasteiger partial charge is 0.174 e. The highest BCUT2D eigenvalue weighted by Gasteiger charge is 1.74. The Balaban J connectivity index is 2.19. The summed E-state index contributed by atoms with van der Waals surface area (Å²) < 4.78 is 0. The summed E-state index contributed by atoms with van der Waals surface area (Å²) in [5, 5.41) is 7.99. The minimum atomic E-state index is 0.224. The van der Waals surface area contributed by atoms with Gasteiger partial charge < -0.3 is 5.11 Å². The molecule has 0 aromatic rings. The fraction of sp³-hybridized carbons (Fsp3) is 1.00. The van der Waals surface area contributed by atoms with E-state index in [4.69, 9.17) is 16.2 Å². The lowest BCUT2D eigenvalue weighted by molar-refractivity contribution is 0.318. The molecule has 0 saturated heterocycles. The van der Waals surface area contributed by atoms with E-state index in [0.717, 1.165) is 6.04 Å². The van der Waals surface area contributed by atoms with Crippen LogP contribution in [0.15, 0.2) is 0 Å². The molecule has 2 radical (unpaired) electrons. The van der Waals surface area contributed by atoms with E-state index in [1.807, 2.05) is 0 Å². The minimum absolute atomic E-state index is 0.224. The maximum Gasteiger partial charge on any atom is 0.174 e. The monoisotopic (exact) mass is 108 g/mol. The van der Waals surface area contributed by atoms with Crippen molar-refractivity contribution < 1.29 is 5.11 Å². The Labute approximate surface area is 38.5 Å². The Kier molecular flexibility index (Phi) is 4.88. The van der Waals surface area contributed by atoms with Crippen molar-refractivity contribution in [3.05, 3.63) is 0 Å². The maximum atomic E-state index is 7.99. The van der Waals surface area contributed by atoms with Gasteiger partial charge in [-0.3, -0.25) is 0 Å². The summed E-state index contributed by atoms with van der Waals surface area (Å²) in [6.45, 7) is 0.224. The van der Waals surface area contributed by atoms with Crippen LogP contribution in [0, 0.1) is 0 Å². The Bertz CT molecular complexity index is 17.1. The Morgan fingerprint density at radius 2 is 2.40 bits per heavy atom. The summed E-state index contributed by atoms with van der Waals surface area (Å²) in [6.07, 6.45) is 0. The van der Waals surface area contributed by atoms with E-state index in [-0.39, 0.29) is 6.61 Å². The average Bonchev–Trinajstić information content (AvgIpc) is 1.41. The summed E-state index contributed by atoms with van der Waals surface area (Å²) in [5.74, 6) is 0. The van der Waals surface area contributed by atoms with Crippen LogP contribution in [-0.4, -0.2) is 20.5 Å². The summed E-state index contributed by atoms with van der Waals surface area (Å²) in [4.78, 5) is 0. The average molecular weight is 109 g/mol. The van der Waals surface area contributed by atoms with Crippen molar-refractivity contribution in [2.24, 2.45) is 0 Å². The molecule has 0 atom stereocenters. The van der Waals surface area contributed by atoms with Crippen LogP contribution in [0.25, 0.3) is 0 Å². The van der Waals surface area contributed by atoms with Crippen molar-refractivity contribution in [3.8, 4) is 0 Å². The van der Waals surface area contributed by atoms with Gasteiger partial charge in [0.25, 0.3) is 0 Å². The van der Waals surface area contributed by atoms with Gasteiger partial charge >= 0.3 is 0 Å². The van der Waals surface area contributed by atoms with Gasteiger partial charge in [0.1, 0.15) is 0 Å². The number of aliphatic hydroxyl groups is 1. The first-order valence-corrected chi connectivity index (χ1v) is 3.58. The molecule has 0 aliphatic heterocycles. The number of hydrogen-bond donors (Lipinski definition) is 1. The van der Waals surface area contributed by atoms with E-state index < -0.39 is 0 Å². The summed E-state index contributed by atoms with van der Waals surface area (Å²) >= 11 is 5.17. The quantitative estimate of drug-likeness (QED) is 0.397. The molecular formula is C2H5ClOSi. The van der Waals surface area contributed by atoms with Crippen LogP contribution in [0.4, 0.5) is 0 Å². The van der Waals surface area contributed by atoms with Crippen molar-refractivity contribution in [2.75, 3.05) is 6.61 Å². The molecule has 0 spiro atoms. The summed E-state index contributed by atoms with van der Waals surface area (Å²) in [7, 11) is 0.380. The van der Waals surface area contributed by atoms with Crippen LogP contribution in [-0.2, 0) is 0 Å². The molecule has 0 aliphatic rings. The number of aliphatic hydroxyl groups excluding tert-OH is 1. The third-order valence-corrected chi connectivity index (χ3v) is 1.19. The van der Waals surface area contributed by atoms with Crippen molar-refractivity contribution in [1.29, 1.82) is 0 Å². The van der Waals surface area contributed by atoms with E-state index in [1.54, 1.807) is 0 Å². The zero-order valence-corrected chi connectivity index (χ0v) is 4.50. The van der Waals surface area contributed by atoms with Gasteiger partial charge in [0.15, 0.2) is 8.83 Å². The molecule has 0 saturated carbocycles. The zero-order valence-electron chi connectivity index (χ0n) is 2.74. The number of rotatable bonds is 2. The van der Waals surface area contributed by atoms with Crippen LogP contribution < -0.4 is 0 Å². The van der Waals surface area contributed by atoms with Gasteiger partial charge in [-0.25, -0.2) is 0 Å². The molecule has 0 aliphatic carbocycles. The van der Waals surface area contributed by atoms with Gasteiger partial charge in [0.2, 0.25) is 0 Å². The molecule has 0 amide bonds. The third-order valence-electron chi connectivity index (χ3n) is 0.206. The molecular weight excluding hydrogens is 104 g/mol. The molecule has 0 rings (SSSR count). The second-order valence-corrected chi connectivity index (χ2v) is 2.18. The first-order valence-electron chi connectivity index (χ1n) is 1.36. The molecule has 0 bridgehead atoms. The predicted octanol–water partition coefficient (Wildman–Crippen LogP) is 0.255. The standard InChI is InChI=1S/C2H5ClOSi/c3-5-2-1-4/h4H,1-2H2. The molecule has 1 nitrogen and oxygen atoms in total. The van der Waals surface area contributed by atoms with Gasteiger partial charge in [0.05, 0.1) is 0 Å². The topological polar surface area (TPSA) is 20.2 Å². The highest BCUT2D eigenvalue weighted by molar-refractivity contribution is 6.93. The first kappa shape index (κ1) is 5.47. The van der Waals surface area contributed by atoms with E-state index in [9.17, 15) is 0 Å². The second kappa shape index (κ2) is 4.47. The lowest BCUT2D eigenvalue weighted by Gasteiger charge is -1.75. The molecule has 0 heterocycles. The minimum Gasteiger partial charge on any atom is -0.397 e. The molecule has 0 unspecified atom stereocenters. The van der Waals surface area contributed by atoms with Crippen LogP contribution >= 0.6 is 11.1 Å². The zero-order chi connectivity index (χ0) is 4.12. The van der Waals surface area contributed by atoms with Crippen LogP contribution in [0.5, 0.6) is 0 Å². The van der Waals surface area contributed by atoms with Crippen LogP contribution in [0.1, 0.15) is 0 Å². The highest BCUT2D eigenvalue weighted by atomic mass is 35.6. The molecule has 0 aromatic heterocycles. The van der Waals surface area contributed by atoms with Crippen LogP contribution in [0.3, 0.4) is 0 Å². The predicted molar refractivity (Wildman–Crippen MR) is 23.5 cm³/mol. The largest absolute Gasteiger partial charge is 0.397 e. The fourth-order valence-electron chi connectivity index (χ4n) is 0.0423. The molecule has 3 heteroatoms. The first-order chi connectivity index (χ1) is 2.41. The van der Waals surface area contributed by atoms with Crippen molar-refractivity contribution in [1.82, 2.24) is 0 Å². The molecule has 1 N–H and O–H groups in total. The van der Waals surface area contributed by atoms with E-state index in [1.165, 1.54) is 0 Å². The normalized spacial score (nSPS) is 8.40. The van der Waals surface area contributed by atoms with Gasteiger partial charge in [0, 0.05) is 6.61 Å². The Morgan fingerprint density at radius 1 is 1.80 bits per heavy atom. The second-order valence-electron chi connectivity index (χ2n) is 0.607. The lowest BCUT2D eigenvalue weighted by Crippen LogP contribution is -1.81. The van der Waals surface area contributed by atoms with E-state index in [0.29, 0.717) is 8.83 Å². The summed E-state index contributed by atoms with van der Waals surface area (Å²) in [5.41, 5.74) is 0. The Morgan fingerprint density at radius 3 is 2.40 bits per heavy atom. The molecule has 5 heavy (non-hydrogen) atoms. The van der Waals surface area contributed by atoms with Crippen LogP contribution in [0.2, 0.25) is 6.04 Å². The fourth-order valence-corrected chi connectivity index (χ4v) is 0.380. The lowest BCUT2D eigenvalue weighted by atomic mass is 10.9. The molecule has 0 fully saturated rings. The van der Waals surface area contributed by atoms with Gasteiger partial charge in [-0.1, -0.05) is 0 Å². The Hall–Kier alpha value is 0.467. The van der Waals surface area contributed by atoms with E-state index >= 15 is 0 Å². The highest BCUT2D eigenvalue weighted by Crippen LogP contribution is 1.75. The summed E-state index contributed by atoms with van der Waals surface area (Å²) in [6, 6.07) is 0.738. The van der Waals surface area contributed by atoms with Crippen molar-refractivity contribution in [3.63, 3.8) is 0 Å². The van der Waals surface area contributed by atoms with E-state index in [2.05, 4.69) is 0 Å². The van der Waals surface area contributed by atoms with Crippen molar-refractivity contribution in [2.45, 2.75) is 6.04 Å². The molecule has 30 valence electrons. The van der Waals surface area contributed by atoms with Gasteiger partial charge in [-0.05, 0) is 6.04 Å². The van der Waals surface area contributed by atoms with Gasteiger partial charge in [-0.2, -0.15) is 11.1 Å². The third kappa shape index (κ3) is 4.47. The number of halogens is 1. The van der Waals surface area contributed by atoms with Gasteiger partial charge in [-0.15, -0.1) is 0 Å².